The zero-order valence-electron chi connectivity index (χ0n) is 28.7. The van der Waals surface area contributed by atoms with Gasteiger partial charge in [-0.15, -0.1) is 0 Å². The number of aryl methyl sites for hydroxylation is 3. The molecular formula is C36H46N6O6. The normalized spacial score (nSPS) is 12.1. The molecule has 12 nitrogen and oxygen atoms in total. The van der Waals surface area contributed by atoms with E-state index in [1.54, 1.807) is 20.0 Å². The number of carbonyl (C=O) groups is 4. The monoisotopic (exact) mass is 658 g/mol. The van der Waals surface area contributed by atoms with E-state index in [2.05, 4.69) is 35.0 Å². The highest BCUT2D eigenvalue weighted by Gasteiger charge is 2.27. The number of aromatic nitrogens is 1. The summed E-state index contributed by atoms with van der Waals surface area (Å²) < 4.78 is 4.81. The Kier molecular flexibility index (Phi) is 15.7. The predicted molar refractivity (Wildman–Crippen MR) is 183 cm³/mol. The van der Waals surface area contributed by atoms with Crippen LogP contribution in [0.4, 0.5) is 5.69 Å². The van der Waals surface area contributed by atoms with Gasteiger partial charge in [-0.05, 0) is 69.7 Å². The van der Waals surface area contributed by atoms with Crippen LogP contribution in [0.3, 0.4) is 0 Å². The van der Waals surface area contributed by atoms with Gasteiger partial charge in [-0.3, -0.25) is 19.2 Å². The second kappa shape index (κ2) is 19.4. The summed E-state index contributed by atoms with van der Waals surface area (Å²) in [5, 5.41) is 30.0. The summed E-state index contributed by atoms with van der Waals surface area (Å²) in [5.74, 6) is -0.987. The first-order valence-electron chi connectivity index (χ1n) is 15.7. The van der Waals surface area contributed by atoms with E-state index in [1.165, 1.54) is 17.9 Å². The molecule has 1 aromatic heterocycles. The van der Waals surface area contributed by atoms with Gasteiger partial charge in [0.15, 0.2) is 5.69 Å². The maximum absolute atomic E-state index is 12.3. The molecule has 0 aliphatic rings. The molecule has 2 unspecified atom stereocenters. The van der Waals surface area contributed by atoms with Gasteiger partial charge in [0, 0.05) is 25.3 Å². The zero-order chi connectivity index (χ0) is 35.8. The van der Waals surface area contributed by atoms with E-state index in [4.69, 9.17) is 9.78 Å². The van der Waals surface area contributed by atoms with E-state index in [9.17, 15) is 24.3 Å². The van der Waals surface area contributed by atoms with Gasteiger partial charge in [-0.25, -0.2) is 0 Å². The van der Waals surface area contributed by atoms with Crippen LogP contribution >= 0.6 is 0 Å². The quantitative estimate of drug-likeness (QED) is 0.157. The van der Waals surface area contributed by atoms with Gasteiger partial charge >= 0.3 is 0 Å². The van der Waals surface area contributed by atoms with E-state index in [1.807, 2.05) is 68.4 Å². The second-order valence-electron chi connectivity index (χ2n) is 11.9. The van der Waals surface area contributed by atoms with Crippen molar-refractivity contribution in [3.63, 3.8) is 0 Å². The summed E-state index contributed by atoms with van der Waals surface area (Å²) in [4.78, 5) is 50.1. The number of nitriles is 1. The summed E-state index contributed by atoms with van der Waals surface area (Å²) in [7, 11) is 1.70. The lowest BCUT2D eigenvalue weighted by Gasteiger charge is -2.20. The standard InChI is InChI=1S/C19H24N4O5.C17H22N2O/c1-11-4-6-14(7-5-11)9-20-16(25)10-21-19(27)17(13(3)24)22-18(26)15-8-12(2)28-23-15;1-13(2)7-5-9-15(12-18)17(20)19(4)16-10-6-8-14(3)11-16/h4-8,13,17,24H,9-10H2,1-3H3,(H,20,25)(H,21,27)(H,22,26);6,8-11,13H,5,7H2,1-4H3/b;15-9+. The number of rotatable bonds is 13. The van der Waals surface area contributed by atoms with Crippen molar-refractivity contribution in [2.75, 3.05) is 18.5 Å². The number of nitrogens with zero attached hydrogens (tertiary/aromatic N) is 3. The Morgan fingerprint density at radius 2 is 1.69 bits per heavy atom. The van der Waals surface area contributed by atoms with Crippen molar-refractivity contribution in [1.29, 1.82) is 5.26 Å². The smallest absolute Gasteiger partial charge is 0.274 e. The molecule has 12 heteroatoms. The van der Waals surface area contributed by atoms with E-state index >= 15 is 0 Å². The van der Waals surface area contributed by atoms with Gasteiger partial charge in [-0.1, -0.05) is 67.0 Å². The van der Waals surface area contributed by atoms with Crippen LogP contribution in [0.1, 0.15) is 66.6 Å². The number of anilines is 1. The number of benzene rings is 2. The number of hydrogen-bond donors (Lipinski definition) is 4. The molecule has 0 spiro atoms. The van der Waals surface area contributed by atoms with Crippen LogP contribution in [0.25, 0.3) is 0 Å². The highest BCUT2D eigenvalue weighted by Crippen LogP contribution is 2.17. The molecule has 0 saturated heterocycles. The Morgan fingerprint density at radius 3 is 2.25 bits per heavy atom. The van der Waals surface area contributed by atoms with Crippen LogP contribution in [0, 0.1) is 38.0 Å². The fourth-order valence-electron chi connectivity index (χ4n) is 4.22. The minimum Gasteiger partial charge on any atom is -0.391 e. The van der Waals surface area contributed by atoms with Crippen LogP contribution in [-0.4, -0.2) is 59.6 Å². The highest BCUT2D eigenvalue weighted by molar-refractivity contribution is 6.07. The third-order valence-corrected chi connectivity index (χ3v) is 7.08. The van der Waals surface area contributed by atoms with Gasteiger partial charge in [0.2, 0.25) is 11.8 Å². The third-order valence-electron chi connectivity index (χ3n) is 7.08. The van der Waals surface area contributed by atoms with Crippen LogP contribution in [-0.2, 0) is 20.9 Å². The van der Waals surface area contributed by atoms with E-state index < -0.39 is 29.9 Å². The number of aliphatic hydroxyl groups excluding tert-OH is 1. The lowest BCUT2D eigenvalue weighted by molar-refractivity contribution is -0.128. The fraction of sp³-hybridized carbons (Fsp3) is 0.389. The second-order valence-corrected chi connectivity index (χ2v) is 11.9. The van der Waals surface area contributed by atoms with Crippen LogP contribution in [0.5, 0.6) is 0 Å². The van der Waals surface area contributed by atoms with Gasteiger partial charge in [0.05, 0.1) is 12.6 Å². The molecule has 48 heavy (non-hydrogen) atoms. The summed E-state index contributed by atoms with van der Waals surface area (Å²) in [6.07, 6.45) is 2.31. The Labute approximate surface area is 282 Å². The number of aliphatic hydroxyl groups is 1. The van der Waals surface area contributed by atoms with Crippen LogP contribution < -0.4 is 20.9 Å². The third kappa shape index (κ3) is 13.2. The SMILES string of the molecule is Cc1ccc(CNC(=O)CNC(=O)C(NC(=O)c2cc(C)on2)C(C)O)cc1.Cc1cccc(N(C)C(=O)/C(C#N)=C/CCC(C)C)c1. The molecule has 3 aromatic rings. The zero-order valence-corrected chi connectivity index (χ0v) is 28.7. The van der Waals surface area contributed by atoms with Crippen LogP contribution in [0.15, 0.2) is 70.8 Å². The van der Waals surface area contributed by atoms with Gasteiger partial charge in [0.25, 0.3) is 11.8 Å². The molecule has 256 valence electrons. The first-order chi connectivity index (χ1) is 22.7. The largest absolute Gasteiger partial charge is 0.391 e. The van der Waals surface area contributed by atoms with Crippen molar-refractivity contribution in [2.45, 2.75) is 73.1 Å². The van der Waals surface area contributed by atoms with Crippen molar-refractivity contribution in [3.8, 4) is 6.07 Å². The summed E-state index contributed by atoms with van der Waals surface area (Å²) in [6, 6.07) is 17.5. The van der Waals surface area contributed by atoms with Gasteiger partial charge in [0.1, 0.15) is 23.4 Å². The lowest BCUT2D eigenvalue weighted by atomic mass is 10.1. The first-order valence-corrected chi connectivity index (χ1v) is 15.7. The maximum Gasteiger partial charge on any atom is 0.274 e. The Morgan fingerprint density at radius 1 is 1.00 bits per heavy atom. The van der Waals surface area contributed by atoms with Gasteiger partial charge < -0.3 is 30.5 Å². The average Bonchev–Trinajstić information content (AvgIpc) is 3.49. The van der Waals surface area contributed by atoms with E-state index in [0.29, 0.717) is 18.2 Å². The average molecular weight is 659 g/mol. The molecule has 4 amide bonds. The topological polar surface area (TPSA) is 178 Å². The number of nitrogens with one attached hydrogen (secondary N) is 3. The molecule has 1 heterocycles. The molecule has 0 radical (unpaired) electrons. The molecule has 0 saturated carbocycles. The van der Waals surface area contributed by atoms with Crippen molar-refractivity contribution < 1.29 is 28.8 Å². The Hall–Kier alpha value is -5.28. The molecule has 0 aliphatic heterocycles. The van der Waals surface area contributed by atoms with Crippen LogP contribution in [0.2, 0.25) is 0 Å². The number of hydrogen-bond acceptors (Lipinski definition) is 8. The van der Waals surface area contributed by atoms with E-state index in [0.717, 1.165) is 35.2 Å². The number of carbonyl (C=O) groups excluding carboxylic acids is 4. The van der Waals surface area contributed by atoms with Crippen molar-refractivity contribution >= 4 is 29.3 Å². The molecule has 0 bridgehead atoms. The molecule has 4 N–H and O–H groups in total. The minimum atomic E-state index is -1.24. The fourth-order valence-corrected chi connectivity index (χ4v) is 4.22. The Bertz CT molecular complexity index is 1600. The molecule has 2 aromatic carbocycles. The molecule has 3 rings (SSSR count). The van der Waals surface area contributed by atoms with Gasteiger partial charge in [-0.2, -0.15) is 5.26 Å². The summed E-state index contributed by atoms with van der Waals surface area (Å²) >= 11 is 0. The lowest BCUT2D eigenvalue weighted by Crippen LogP contribution is -2.53. The number of likely N-dealkylation sites (N-methyl/N-ethyl adjacent to an activating group) is 1. The number of allylic oxidation sites excluding steroid dienone is 1. The summed E-state index contributed by atoms with van der Waals surface area (Å²) in [5.41, 5.74) is 4.16. The predicted octanol–water partition coefficient (Wildman–Crippen LogP) is 4.05. The maximum atomic E-state index is 12.3. The molecular weight excluding hydrogens is 612 g/mol. The van der Waals surface area contributed by atoms with Crippen molar-refractivity contribution in [3.05, 3.63) is 94.4 Å². The van der Waals surface area contributed by atoms with E-state index in [-0.39, 0.29) is 23.7 Å². The molecule has 0 fully saturated rings. The van der Waals surface area contributed by atoms with Crippen molar-refractivity contribution in [1.82, 2.24) is 21.1 Å². The first kappa shape index (κ1) is 38.9. The number of amides is 4. The highest BCUT2D eigenvalue weighted by atomic mass is 16.5. The molecule has 0 aliphatic carbocycles. The Balaban J connectivity index is 0.000000353. The minimum absolute atomic E-state index is 0.00760. The molecule has 2 atom stereocenters. The van der Waals surface area contributed by atoms with Crippen molar-refractivity contribution in [2.24, 2.45) is 5.92 Å². The summed E-state index contributed by atoms with van der Waals surface area (Å²) in [6.45, 7) is 11.2.